The zero-order valence-electron chi connectivity index (χ0n) is 4.93. The fourth-order valence-corrected chi connectivity index (χ4v) is 1.18. The van der Waals surface area contributed by atoms with Crippen LogP contribution in [0.3, 0.4) is 0 Å². The van der Waals surface area contributed by atoms with Gasteiger partial charge in [-0.15, -0.1) is 0 Å². The molecule has 1 aliphatic rings. The van der Waals surface area contributed by atoms with Crippen LogP contribution in [0.5, 0.6) is 0 Å². The first-order valence-corrected chi connectivity index (χ1v) is 3.05. The van der Waals surface area contributed by atoms with E-state index < -0.39 is 0 Å². The van der Waals surface area contributed by atoms with E-state index in [1.54, 1.807) is 0 Å². The van der Waals surface area contributed by atoms with Crippen LogP contribution in [0.25, 0.3) is 0 Å². The van der Waals surface area contributed by atoms with Crippen LogP contribution in [0.15, 0.2) is 0 Å². The summed E-state index contributed by atoms with van der Waals surface area (Å²) in [5.74, 6) is 0. The van der Waals surface area contributed by atoms with E-state index in [4.69, 9.17) is 5.11 Å². The van der Waals surface area contributed by atoms with Gasteiger partial charge in [0.05, 0.1) is 6.10 Å². The summed E-state index contributed by atoms with van der Waals surface area (Å²) in [6, 6.07) is 0.259. The summed E-state index contributed by atoms with van der Waals surface area (Å²) < 4.78 is 0. The standard InChI is InChI=1S/C6H12NO/c1-7-5-3-2-4-6(5)8/h5-8H,1-4H2/t5-,6+/m1/s1. The minimum Gasteiger partial charge on any atom is -0.392 e. The highest BCUT2D eigenvalue weighted by atomic mass is 16.3. The fourth-order valence-electron chi connectivity index (χ4n) is 1.18. The van der Waals surface area contributed by atoms with E-state index >= 15 is 0 Å². The molecule has 0 amide bonds. The lowest BCUT2D eigenvalue weighted by Gasteiger charge is -2.11. The third-order valence-corrected chi connectivity index (χ3v) is 1.74. The summed E-state index contributed by atoms with van der Waals surface area (Å²) in [6.07, 6.45) is 3.00. The normalized spacial score (nSPS) is 38.2. The van der Waals surface area contributed by atoms with Gasteiger partial charge in [-0.05, 0) is 19.3 Å². The van der Waals surface area contributed by atoms with Crippen molar-refractivity contribution in [1.82, 2.24) is 5.32 Å². The molecule has 0 aromatic carbocycles. The van der Waals surface area contributed by atoms with Gasteiger partial charge in [0.2, 0.25) is 0 Å². The molecule has 2 atom stereocenters. The van der Waals surface area contributed by atoms with Crippen molar-refractivity contribution in [3.8, 4) is 0 Å². The number of hydrogen-bond donors (Lipinski definition) is 2. The molecule has 0 heterocycles. The summed E-state index contributed by atoms with van der Waals surface area (Å²) in [7, 11) is 3.51. The third kappa shape index (κ3) is 1.01. The average molecular weight is 114 g/mol. The number of rotatable bonds is 1. The Morgan fingerprint density at radius 1 is 1.50 bits per heavy atom. The van der Waals surface area contributed by atoms with E-state index in [0.29, 0.717) is 0 Å². The monoisotopic (exact) mass is 114 g/mol. The van der Waals surface area contributed by atoms with Crippen molar-refractivity contribution < 1.29 is 5.11 Å². The number of aliphatic hydroxyl groups is 1. The van der Waals surface area contributed by atoms with Gasteiger partial charge >= 0.3 is 0 Å². The molecule has 1 rings (SSSR count). The molecule has 0 bridgehead atoms. The maximum atomic E-state index is 9.09. The Morgan fingerprint density at radius 3 is 2.50 bits per heavy atom. The smallest absolute Gasteiger partial charge is 0.0693 e. The highest BCUT2D eigenvalue weighted by Gasteiger charge is 2.22. The van der Waals surface area contributed by atoms with Crippen LogP contribution < -0.4 is 5.32 Å². The molecule has 1 saturated carbocycles. The van der Waals surface area contributed by atoms with E-state index in [1.807, 2.05) is 0 Å². The molecule has 0 spiro atoms. The number of hydrogen-bond acceptors (Lipinski definition) is 2. The Kier molecular flexibility index (Phi) is 1.86. The van der Waals surface area contributed by atoms with Gasteiger partial charge in [0.15, 0.2) is 0 Å². The van der Waals surface area contributed by atoms with Gasteiger partial charge in [0.1, 0.15) is 0 Å². The first-order chi connectivity index (χ1) is 3.84. The summed E-state index contributed by atoms with van der Waals surface area (Å²) in [5.41, 5.74) is 0. The molecule has 1 fully saturated rings. The van der Waals surface area contributed by atoms with Crippen LogP contribution in [0, 0.1) is 7.05 Å². The van der Waals surface area contributed by atoms with Crippen LogP contribution in [0.2, 0.25) is 0 Å². The zero-order chi connectivity index (χ0) is 5.98. The maximum absolute atomic E-state index is 9.09. The van der Waals surface area contributed by atoms with Crippen molar-refractivity contribution in [3.05, 3.63) is 7.05 Å². The lowest BCUT2D eigenvalue weighted by atomic mass is 10.2. The number of aliphatic hydroxyl groups excluding tert-OH is 1. The second kappa shape index (κ2) is 2.46. The molecular formula is C6H12NO. The molecule has 2 N–H and O–H groups in total. The van der Waals surface area contributed by atoms with Crippen molar-refractivity contribution in [1.29, 1.82) is 0 Å². The van der Waals surface area contributed by atoms with Gasteiger partial charge in [-0.2, -0.15) is 0 Å². The van der Waals surface area contributed by atoms with Crippen molar-refractivity contribution in [2.45, 2.75) is 31.4 Å². The Labute approximate surface area is 49.9 Å². The lowest BCUT2D eigenvalue weighted by Crippen LogP contribution is -2.30. The Balaban J connectivity index is 2.30. The second-order valence-electron chi connectivity index (χ2n) is 2.31. The van der Waals surface area contributed by atoms with Gasteiger partial charge in [0.25, 0.3) is 0 Å². The Hall–Kier alpha value is -0.0800. The molecule has 1 radical (unpaired) electrons. The van der Waals surface area contributed by atoms with Gasteiger partial charge < -0.3 is 10.4 Å². The molecule has 2 heteroatoms. The van der Waals surface area contributed by atoms with Gasteiger partial charge in [-0.1, -0.05) is 0 Å². The molecule has 0 aromatic heterocycles. The fraction of sp³-hybridized carbons (Fsp3) is 0.833. The molecule has 8 heavy (non-hydrogen) atoms. The van der Waals surface area contributed by atoms with Gasteiger partial charge in [0, 0.05) is 13.1 Å². The molecule has 2 nitrogen and oxygen atoms in total. The molecule has 0 unspecified atom stereocenters. The molecule has 47 valence electrons. The Bertz CT molecular complexity index is 74.9. The van der Waals surface area contributed by atoms with E-state index in [-0.39, 0.29) is 12.1 Å². The summed E-state index contributed by atoms with van der Waals surface area (Å²) in [6.45, 7) is 0. The highest BCUT2D eigenvalue weighted by molar-refractivity contribution is 4.81. The van der Waals surface area contributed by atoms with Crippen LogP contribution in [-0.4, -0.2) is 17.3 Å². The second-order valence-corrected chi connectivity index (χ2v) is 2.31. The van der Waals surface area contributed by atoms with E-state index in [1.165, 1.54) is 0 Å². The van der Waals surface area contributed by atoms with Crippen LogP contribution in [0.1, 0.15) is 19.3 Å². The highest BCUT2D eigenvalue weighted by Crippen LogP contribution is 2.17. The quantitative estimate of drug-likeness (QED) is 0.513. The maximum Gasteiger partial charge on any atom is 0.0693 e. The topological polar surface area (TPSA) is 32.3 Å². The zero-order valence-corrected chi connectivity index (χ0v) is 4.93. The van der Waals surface area contributed by atoms with Crippen LogP contribution in [-0.2, 0) is 0 Å². The van der Waals surface area contributed by atoms with E-state index in [2.05, 4.69) is 12.4 Å². The van der Waals surface area contributed by atoms with Crippen molar-refractivity contribution in [2.24, 2.45) is 0 Å². The van der Waals surface area contributed by atoms with Crippen LogP contribution >= 0.6 is 0 Å². The molecule has 0 saturated heterocycles. The van der Waals surface area contributed by atoms with Gasteiger partial charge in [-0.25, -0.2) is 0 Å². The predicted molar refractivity (Wildman–Crippen MR) is 32.1 cm³/mol. The molecular weight excluding hydrogens is 102 g/mol. The molecule has 0 aliphatic heterocycles. The third-order valence-electron chi connectivity index (χ3n) is 1.74. The average Bonchev–Trinajstić information content (AvgIpc) is 2.14. The largest absolute Gasteiger partial charge is 0.392 e. The minimum atomic E-state index is -0.146. The number of nitrogens with one attached hydrogen (secondary N) is 1. The van der Waals surface area contributed by atoms with E-state index in [9.17, 15) is 0 Å². The van der Waals surface area contributed by atoms with Crippen molar-refractivity contribution in [3.63, 3.8) is 0 Å². The molecule has 0 aromatic rings. The summed E-state index contributed by atoms with van der Waals surface area (Å²) in [4.78, 5) is 0. The Morgan fingerprint density at radius 2 is 2.25 bits per heavy atom. The molecule has 1 aliphatic carbocycles. The lowest BCUT2D eigenvalue weighted by molar-refractivity contribution is 0.155. The predicted octanol–water partition coefficient (Wildman–Crippen LogP) is 0.281. The van der Waals surface area contributed by atoms with Gasteiger partial charge in [-0.3, -0.25) is 0 Å². The summed E-state index contributed by atoms with van der Waals surface area (Å²) >= 11 is 0. The van der Waals surface area contributed by atoms with Crippen molar-refractivity contribution >= 4 is 0 Å². The van der Waals surface area contributed by atoms with E-state index in [0.717, 1.165) is 19.3 Å². The first-order valence-electron chi connectivity index (χ1n) is 3.05. The van der Waals surface area contributed by atoms with Crippen molar-refractivity contribution in [2.75, 3.05) is 0 Å². The SMILES string of the molecule is [CH2]N[C@@H]1CCC[C@@H]1O. The summed E-state index contributed by atoms with van der Waals surface area (Å²) in [5, 5.41) is 11.9. The van der Waals surface area contributed by atoms with Crippen LogP contribution in [0.4, 0.5) is 0 Å². The first kappa shape index (κ1) is 6.05. The minimum absolute atomic E-state index is 0.146.